The fourth-order valence-corrected chi connectivity index (χ4v) is 4.54. The summed E-state index contributed by atoms with van der Waals surface area (Å²) in [5.41, 5.74) is 0. The van der Waals surface area contributed by atoms with Gasteiger partial charge in [-0.15, -0.1) is 17.8 Å². The Morgan fingerprint density at radius 2 is 2.40 bits per heavy atom. The molecule has 0 aliphatic rings. The number of thiophene rings is 1. The van der Waals surface area contributed by atoms with Crippen LogP contribution in [-0.2, 0) is 10.0 Å². The van der Waals surface area contributed by atoms with Crippen LogP contribution < -0.4 is 4.72 Å². The van der Waals surface area contributed by atoms with E-state index in [4.69, 9.17) is 6.42 Å². The number of nitrogens with one attached hydrogen (secondary N) is 1. The van der Waals surface area contributed by atoms with Crippen molar-refractivity contribution in [2.75, 3.05) is 0 Å². The number of terminal acetylenes is 1. The second kappa shape index (κ2) is 5.12. The molecular formula is C9H10BrNO2S2. The molecule has 0 bridgehead atoms. The summed E-state index contributed by atoms with van der Waals surface area (Å²) in [6.07, 6.45) is 5.76. The van der Waals surface area contributed by atoms with Gasteiger partial charge in [0.1, 0.15) is 4.21 Å². The Labute approximate surface area is 102 Å². The van der Waals surface area contributed by atoms with Crippen LogP contribution in [0, 0.1) is 12.3 Å². The molecule has 0 radical (unpaired) electrons. The molecule has 6 heteroatoms. The molecule has 1 aromatic heterocycles. The van der Waals surface area contributed by atoms with E-state index in [1.807, 2.05) is 6.92 Å². The molecule has 1 unspecified atom stereocenters. The summed E-state index contributed by atoms with van der Waals surface area (Å²) in [7, 11) is -3.49. The first-order valence-corrected chi connectivity index (χ1v) is 7.38. The van der Waals surface area contributed by atoms with E-state index in [-0.39, 0.29) is 4.21 Å². The summed E-state index contributed by atoms with van der Waals surface area (Å²) in [5, 5.41) is 1.70. The Morgan fingerprint density at radius 3 is 2.80 bits per heavy atom. The summed E-state index contributed by atoms with van der Waals surface area (Å²) < 4.78 is 26.9. The van der Waals surface area contributed by atoms with E-state index in [0.29, 0.717) is 10.9 Å². The average molecular weight is 308 g/mol. The predicted molar refractivity (Wildman–Crippen MR) is 65.3 cm³/mol. The minimum absolute atomic E-state index is 0.260. The summed E-state index contributed by atoms with van der Waals surface area (Å²) >= 11 is 4.33. The maximum absolute atomic E-state index is 11.8. The molecule has 0 aromatic carbocycles. The lowest BCUT2D eigenvalue weighted by Crippen LogP contribution is -2.32. The molecule has 0 aliphatic carbocycles. The third kappa shape index (κ3) is 3.05. The van der Waals surface area contributed by atoms with Crippen molar-refractivity contribution in [2.45, 2.75) is 23.6 Å². The molecule has 1 heterocycles. The summed E-state index contributed by atoms with van der Waals surface area (Å²) in [4.78, 5) is 0. The van der Waals surface area contributed by atoms with Gasteiger partial charge in [0.05, 0.1) is 6.04 Å². The summed E-state index contributed by atoms with van der Waals surface area (Å²) in [6.45, 7) is 1.83. The fraction of sp³-hybridized carbons (Fsp3) is 0.333. The number of hydrogen-bond donors (Lipinski definition) is 1. The maximum atomic E-state index is 11.8. The fourth-order valence-electron chi connectivity index (χ4n) is 0.948. The zero-order valence-electron chi connectivity index (χ0n) is 8.03. The lowest BCUT2D eigenvalue weighted by Gasteiger charge is -2.10. The predicted octanol–water partition coefficient (Wildman–Crippen LogP) is 2.20. The minimum Gasteiger partial charge on any atom is -0.206 e. The van der Waals surface area contributed by atoms with Gasteiger partial charge < -0.3 is 0 Å². The number of sulfonamides is 1. The lowest BCUT2D eigenvalue weighted by atomic mass is 10.3. The molecule has 3 nitrogen and oxygen atoms in total. The molecule has 0 spiro atoms. The van der Waals surface area contributed by atoms with Crippen molar-refractivity contribution in [3.05, 3.63) is 15.9 Å². The van der Waals surface area contributed by atoms with Gasteiger partial charge in [0.25, 0.3) is 10.0 Å². The molecule has 0 amide bonds. The first kappa shape index (κ1) is 12.7. The molecule has 0 saturated heterocycles. The van der Waals surface area contributed by atoms with Gasteiger partial charge >= 0.3 is 0 Å². The average Bonchev–Trinajstić information content (AvgIpc) is 2.61. The molecule has 0 aliphatic heterocycles. The first-order chi connectivity index (χ1) is 7.01. The number of halogens is 1. The quantitative estimate of drug-likeness (QED) is 0.867. The van der Waals surface area contributed by atoms with E-state index in [1.54, 1.807) is 11.4 Å². The van der Waals surface area contributed by atoms with Gasteiger partial charge in [-0.3, -0.25) is 0 Å². The van der Waals surface area contributed by atoms with Crippen LogP contribution in [0.2, 0.25) is 0 Å². The third-order valence-electron chi connectivity index (χ3n) is 1.74. The lowest BCUT2D eigenvalue weighted by molar-refractivity contribution is 0.572. The Bertz CT molecular complexity index is 473. The topological polar surface area (TPSA) is 46.2 Å². The SMILES string of the molecule is C#CC(CC)NS(=O)(=O)c1sccc1Br. The van der Waals surface area contributed by atoms with E-state index in [1.165, 1.54) is 0 Å². The number of hydrogen-bond acceptors (Lipinski definition) is 3. The Hall–Kier alpha value is -0.350. The smallest absolute Gasteiger partial charge is 0.206 e. The van der Waals surface area contributed by atoms with E-state index in [2.05, 4.69) is 26.6 Å². The highest BCUT2D eigenvalue weighted by atomic mass is 79.9. The summed E-state index contributed by atoms with van der Waals surface area (Å²) in [6, 6.07) is 1.24. The van der Waals surface area contributed by atoms with Crippen LogP contribution in [0.1, 0.15) is 13.3 Å². The second-order valence-electron chi connectivity index (χ2n) is 2.80. The van der Waals surface area contributed by atoms with Crippen LogP contribution in [0.3, 0.4) is 0 Å². The molecule has 0 fully saturated rings. The van der Waals surface area contributed by atoms with E-state index in [0.717, 1.165) is 11.3 Å². The first-order valence-electron chi connectivity index (χ1n) is 4.22. The highest BCUT2D eigenvalue weighted by Crippen LogP contribution is 2.27. The Balaban J connectivity index is 2.96. The Kier molecular flexibility index (Phi) is 4.34. The van der Waals surface area contributed by atoms with Crippen LogP contribution in [0.5, 0.6) is 0 Å². The van der Waals surface area contributed by atoms with E-state index in [9.17, 15) is 8.42 Å². The van der Waals surface area contributed by atoms with Gasteiger partial charge in [0, 0.05) is 4.47 Å². The highest BCUT2D eigenvalue weighted by molar-refractivity contribution is 9.10. The molecule has 1 rings (SSSR count). The Morgan fingerprint density at radius 1 is 1.73 bits per heavy atom. The summed E-state index contributed by atoms with van der Waals surface area (Å²) in [5.74, 6) is 2.39. The normalized spacial score (nSPS) is 13.4. The highest BCUT2D eigenvalue weighted by Gasteiger charge is 2.21. The molecule has 1 atom stereocenters. The van der Waals surface area contributed by atoms with Crippen molar-refractivity contribution in [2.24, 2.45) is 0 Å². The molecular weight excluding hydrogens is 298 g/mol. The van der Waals surface area contributed by atoms with E-state index < -0.39 is 16.1 Å². The molecule has 1 aromatic rings. The van der Waals surface area contributed by atoms with Crippen LogP contribution in [0.4, 0.5) is 0 Å². The van der Waals surface area contributed by atoms with Crippen molar-refractivity contribution >= 4 is 37.3 Å². The van der Waals surface area contributed by atoms with Gasteiger partial charge in [0.2, 0.25) is 0 Å². The van der Waals surface area contributed by atoms with Crippen LogP contribution in [0.25, 0.3) is 0 Å². The molecule has 0 saturated carbocycles. The molecule has 15 heavy (non-hydrogen) atoms. The zero-order chi connectivity index (χ0) is 11.5. The minimum atomic E-state index is -3.49. The standard InChI is InChI=1S/C9H10BrNO2S2/c1-3-7(4-2)11-15(12,13)9-8(10)5-6-14-9/h1,5-7,11H,4H2,2H3. The van der Waals surface area contributed by atoms with Crippen molar-refractivity contribution in [3.8, 4) is 12.3 Å². The largest absolute Gasteiger partial charge is 0.252 e. The van der Waals surface area contributed by atoms with Gasteiger partial charge in [-0.1, -0.05) is 12.8 Å². The van der Waals surface area contributed by atoms with Gasteiger partial charge in [-0.25, -0.2) is 8.42 Å². The van der Waals surface area contributed by atoms with Gasteiger partial charge in [-0.2, -0.15) is 4.72 Å². The van der Waals surface area contributed by atoms with Crippen molar-refractivity contribution in [3.63, 3.8) is 0 Å². The van der Waals surface area contributed by atoms with Crippen LogP contribution in [0.15, 0.2) is 20.1 Å². The maximum Gasteiger partial charge on any atom is 0.252 e. The molecule has 82 valence electrons. The van der Waals surface area contributed by atoms with Crippen molar-refractivity contribution < 1.29 is 8.42 Å². The zero-order valence-corrected chi connectivity index (χ0v) is 11.2. The van der Waals surface area contributed by atoms with Gasteiger partial charge in [-0.05, 0) is 33.8 Å². The monoisotopic (exact) mass is 307 g/mol. The third-order valence-corrected chi connectivity index (χ3v) is 5.88. The van der Waals surface area contributed by atoms with E-state index >= 15 is 0 Å². The van der Waals surface area contributed by atoms with Crippen LogP contribution in [-0.4, -0.2) is 14.5 Å². The number of rotatable bonds is 4. The van der Waals surface area contributed by atoms with Crippen molar-refractivity contribution in [1.82, 2.24) is 4.72 Å². The van der Waals surface area contributed by atoms with Crippen LogP contribution >= 0.6 is 27.3 Å². The second-order valence-corrected chi connectivity index (χ2v) is 6.48. The van der Waals surface area contributed by atoms with Gasteiger partial charge in [0.15, 0.2) is 0 Å². The van der Waals surface area contributed by atoms with Crippen molar-refractivity contribution in [1.29, 1.82) is 0 Å². The molecule has 1 N–H and O–H groups in total.